The summed E-state index contributed by atoms with van der Waals surface area (Å²) in [7, 11) is -3.49. The number of unbranched alkanes of at least 4 members (excludes halogenated alkanes) is 3. The first-order valence-electron chi connectivity index (χ1n) is 14.6. The number of allylic oxidation sites excluding steroid dienone is 1. The van der Waals surface area contributed by atoms with E-state index in [0.29, 0.717) is 17.1 Å². The van der Waals surface area contributed by atoms with Gasteiger partial charge in [-0.15, -0.1) is 0 Å². The summed E-state index contributed by atoms with van der Waals surface area (Å²) in [5, 5.41) is -0.455. The Bertz CT molecular complexity index is 1060. The fraction of sp³-hybridized carbons (Fsp3) is 0.710. The van der Waals surface area contributed by atoms with E-state index in [1.165, 1.54) is 57.4 Å². The fourth-order valence-corrected chi connectivity index (χ4v) is 26.3. The van der Waals surface area contributed by atoms with Gasteiger partial charge in [-0.1, -0.05) is 0 Å². The van der Waals surface area contributed by atoms with E-state index in [2.05, 4.69) is 38.7 Å². The molecule has 0 heterocycles. The molecule has 5 heteroatoms. The van der Waals surface area contributed by atoms with Gasteiger partial charge >= 0.3 is 226 Å². The summed E-state index contributed by atoms with van der Waals surface area (Å²) in [6.07, 6.45) is 9.86. The van der Waals surface area contributed by atoms with Crippen molar-refractivity contribution in [1.29, 1.82) is 0 Å². The van der Waals surface area contributed by atoms with Gasteiger partial charge in [-0.25, -0.2) is 0 Å². The average Bonchev–Trinajstić information content (AvgIpc) is 3.12. The number of hydrogen-bond donors (Lipinski definition) is 0. The van der Waals surface area contributed by atoms with Gasteiger partial charge in [-0.3, -0.25) is 0 Å². The van der Waals surface area contributed by atoms with Crippen LogP contribution in [0.25, 0.3) is 0 Å². The first-order chi connectivity index (χ1) is 17.1. The van der Waals surface area contributed by atoms with E-state index in [0.717, 1.165) is 12.8 Å². The zero-order valence-corrected chi connectivity index (χ0v) is 27.0. The molecular weight excluding hydrogens is 571 g/mol. The van der Waals surface area contributed by atoms with Crippen molar-refractivity contribution in [3.63, 3.8) is 0 Å². The fourth-order valence-electron chi connectivity index (χ4n) is 8.34. The Morgan fingerprint density at radius 3 is 2.00 bits per heavy atom. The predicted molar refractivity (Wildman–Crippen MR) is 152 cm³/mol. The molecule has 0 unspecified atom stereocenters. The number of fused-ring (bicyclic) bond motifs is 1. The first kappa shape index (κ1) is 28.4. The van der Waals surface area contributed by atoms with Gasteiger partial charge in [0, 0.05) is 0 Å². The molecule has 4 aliphatic carbocycles. The Kier molecular flexibility index (Phi) is 8.57. The third-order valence-electron chi connectivity index (χ3n) is 10.1. The van der Waals surface area contributed by atoms with Crippen LogP contribution in [0.5, 0.6) is 0 Å². The van der Waals surface area contributed by atoms with Gasteiger partial charge in [-0.05, 0) is 0 Å². The molecule has 0 N–H and O–H groups in total. The van der Waals surface area contributed by atoms with Crippen LogP contribution in [-0.2, 0) is 14.6 Å². The molecule has 4 fully saturated rings. The molecule has 0 spiro atoms. The van der Waals surface area contributed by atoms with Crippen LogP contribution in [0.4, 0.5) is 0 Å². The maximum atomic E-state index is 14.0. The van der Waals surface area contributed by atoms with E-state index < -0.39 is 44.3 Å². The van der Waals surface area contributed by atoms with E-state index in [1.54, 1.807) is 12.1 Å². The van der Waals surface area contributed by atoms with Gasteiger partial charge in [0.2, 0.25) is 0 Å². The van der Waals surface area contributed by atoms with Crippen molar-refractivity contribution in [1.82, 2.24) is 0 Å². The van der Waals surface area contributed by atoms with Crippen molar-refractivity contribution in [3.8, 4) is 0 Å². The number of ketones is 1. The van der Waals surface area contributed by atoms with Crippen molar-refractivity contribution >= 4 is 34.0 Å². The monoisotopic (exact) mass is 620 g/mol. The first-order valence-corrected chi connectivity index (χ1v) is 23.9. The van der Waals surface area contributed by atoms with Gasteiger partial charge in [0.15, 0.2) is 0 Å². The van der Waals surface area contributed by atoms with Crippen LogP contribution < -0.4 is 0 Å². The van der Waals surface area contributed by atoms with E-state index in [-0.39, 0.29) is 11.8 Å². The molecule has 5 atom stereocenters. The average molecular weight is 619 g/mol. The molecule has 36 heavy (non-hydrogen) atoms. The Hall–Kier alpha value is -0.621. The second-order valence-electron chi connectivity index (χ2n) is 12.8. The number of rotatable bonds is 12. The minimum absolute atomic E-state index is 0.0733. The number of sulfone groups is 1. The number of Topliss-reactive ketones (excluding diaryl/α,β-unsaturated/α-hetero) is 1. The van der Waals surface area contributed by atoms with Crippen molar-refractivity contribution in [2.75, 3.05) is 0 Å². The number of carbonyl (C=O) groups excluding carboxylic acids is 1. The molecular formula is C31H48O3SSn. The molecule has 5 rings (SSSR count). The molecule has 3 nitrogen and oxygen atoms in total. The molecule has 0 aromatic heterocycles. The van der Waals surface area contributed by atoms with Crippen molar-refractivity contribution < 1.29 is 13.2 Å². The molecule has 4 bridgehead atoms. The summed E-state index contributed by atoms with van der Waals surface area (Å²) < 4.78 is 35.0. The van der Waals surface area contributed by atoms with Crippen LogP contribution in [0.15, 0.2) is 44.9 Å². The molecule has 0 amide bonds. The molecule has 0 saturated heterocycles. The Balaban J connectivity index is 1.78. The Morgan fingerprint density at radius 2 is 1.47 bits per heavy atom. The summed E-state index contributed by atoms with van der Waals surface area (Å²) in [5.41, 5.74) is 0.447. The molecule has 1 aromatic rings. The van der Waals surface area contributed by atoms with Crippen LogP contribution in [0.1, 0.15) is 92.4 Å². The van der Waals surface area contributed by atoms with Gasteiger partial charge in [0.05, 0.1) is 0 Å². The summed E-state index contributed by atoms with van der Waals surface area (Å²) in [4.78, 5) is 14.3. The normalized spacial score (nSPS) is 33.0. The van der Waals surface area contributed by atoms with E-state index in [9.17, 15) is 13.2 Å². The van der Waals surface area contributed by atoms with Gasteiger partial charge < -0.3 is 0 Å². The molecule has 200 valence electrons. The molecule has 1 aromatic carbocycles. The zero-order valence-electron chi connectivity index (χ0n) is 23.3. The van der Waals surface area contributed by atoms with E-state index >= 15 is 0 Å². The standard InChI is InChI=1S/C19H21O3S.3C4H9.Sn/c1-12-9-19(3)16-14(12)10-18(2,17(19)20)11-15(16)23(21,22)13-7-5-4-6-8-13;3*1-3-4-2;/h1,4-8,14-16H,9-11H2,2-3H3;3*1,3-4H2,2H3;/t14-,15+,16+,18-,19+;;;;/m0..../s1. The summed E-state index contributed by atoms with van der Waals surface area (Å²) in [6, 6.07) is 8.99. The van der Waals surface area contributed by atoms with Gasteiger partial charge in [-0.2, -0.15) is 0 Å². The predicted octanol–water partition coefficient (Wildman–Crippen LogP) is 8.17. The minimum atomic E-state index is -3.49. The van der Waals surface area contributed by atoms with Crippen molar-refractivity contribution in [2.45, 2.75) is 116 Å². The van der Waals surface area contributed by atoms with E-state index in [1.807, 2.05) is 18.2 Å². The molecule has 4 aliphatic rings. The Morgan fingerprint density at radius 1 is 0.917 bits per heavy atom. The van der Waals surface area contributed by atoms with Gasteiger partial charge in [0.1, 0.15) is 0 Å². The number of hydrogen-bond acceptors (Lipinski definition) is 3. The van der Waals surface area contributed by atoms with Crippen molar-refractivity contribution in [3.05, 3.63) is 40.0 Å². The zero-order chi connectivity index (χ0) is 26.2. The summed E-state index contributed by atoms with van der Waals surface area (Å²) in [6.45, 7) is 11.1. The van der Waals surface area contributed by atoms with Crippen LogP contribution in [0.2, 0.25) is 13.3 Å². The quantitative estimate of drug-likeness (QED) is 0.222. The van der Waals surface area contributed by atoms with Gasteiger partial charge in [0.25, 0.3) is 0 Å². The number of benzene rings is 1. The Labute approximate surface area is 224 Å². The summed E-state index contributed by atoms with van der Waals surface area (Å²) in [5.74, 6) is 0.530. The third-order valence-corrected chi connectivity index (χ3v) is 26.6. The third kappa shape index (κ3) is 4.91. The van der Waals surface area contributed by atoms with E-state index in [4.69, 9.17) is 0 Å². The van der Waals surface area contributed by atoms with Crippen LogP contribution >= 0.6 is 0 Å². The maximum absolute atomic E-state index is 14.0. The topological polar surface area (TPSA) is 51.2 Å². The number of carbonyl (C=O) groups is 1. The molecule has 0 radical (unpaired) electrons. The van der Waals surface area contributed by atoms with Crippen LogP contribution in [-0.4, -0.2) is 37.8 Å². The van der Waals surface area contributed by atoms with Crippen LogP contribution in [0.3, 0.4) is 0 Å². The van der Waals surface area contributed by atoms with Crippen molar-refractivity contribution in [2.24, 2.45) is 22.7 Å². The molecule has 0 aliphatic heterocycles. The summed E-state index contributed by atoms with van der Waals surface area (Å²) >= 11 is -2.58. The molecule has 4 saturated carbocycles. The second kappa shape index (κ2) is 10.9. The SMILES string of the molecule is CCC[CH2][Sn](/[CH]=C1\C[C@@]2(C)C(=O)[C@]3(C)C[C@@H](S(=O)(=O)c4ccccc4)[C@H]2[C@H]1C3)([CH2]CCC)[CH2]CCC. The van der Waals surface area contributed by atoms with Crippen LogP contribution in [0, 0.1) is 22.7 Å². The second-order valence-corrected chi connectivity index (χ2v) is 27.9.